The zero-order valence-electron chi connectivity index (χ0n) is 24.6. The number of aryl methyl sites for hydroxylation is 1. The number of hydrogen-bond acceptors (Lipinski definition) is 7. The zero-order valence-corrected chi connectivity index (χ0v) is 27.0. The monoisotopic (exact) mass is 648 g/mol. The Labute approximate surface area is 266 Å². The van der Waals surface area contributed by atoms with Gasteiger partial charge in [0.25, 0.3) is 15.6 Å². The highest BCUT2D eigenvalue weighted by atomic mass is 35.5. The number of aromatic nitrogens is 2. The summed E-state index contributed by atoms with van der Waals surface area (Å²) in [6.45, 7) is 5.12. The van der Waals surface area contributed by atoms with Crippen LogP contribution in [-0.2, 0) is 10.0 Å². The van der Waals surface area contributed by atoms with Crippen molar-refractivity contribution in [1.29, 1.82) is 0 Å². The van der Waals surface area contributed by atoms with Crippen molar-refractivity contribution < 1.29 is 13.2 Å². The van der Waals surface area contributed by atoms with Crippen molar-refractivity contribution in [3.05, 3.63) is 100 Å². The SMILES string of the molecule is COc1cc(-n2cnc3cc(-c4ccc(Cl)cc4)sc3c2=O)ccc1N(CCCN1CCCC1)S(=O)(=O)c1ccc(C)cc1. The molecule has 1 fully saturated rings. The molecule has 2 aromatic heterocycles. The second-order valence-electron chi connectivity index (χ2n) is 10.9. The van der Waals surface area contributed by atoms with Gasteiger partial charge in [0.2, 0.25) is 0 Å². The van der Waals surface area contributed by atoms with E-state index >= 15 is 0 Å². The van der Waals surface area contributed by atoms with Crippen molar-refractivity contribution in [3.8, 4) is 21.9 Å². The maximum atomic E-state index is 14.0. The van der Waals surface area contributed by atoms with E-state index < -0.39 is 10.0 Å². The molecule has 3 heterocycles. The number of ether oxygens (including phenoxy) is 1. The third-order valence-corrected chi connectivity index (χ3v) is 11.2. The predicted octanol–water partition coefficient (Wildman–Crippen LogP) is 6.77. The van der Waals surface area contributed by atoms with E-state index in [9.17, 15) is 13.2 Å². The summed E-state index contributed by atoms with van der Waals surface area (Å²) in [5.74, 6) is 0.347. The molecule has 6 rings (SSSR count). The van der Waals surface area contributed by atoms with Crippen LogP contribution in [0, 0.1) is 6.92 Å². The van der Waals surface area contributed by atoms with E-state index in [2.05, 4.69) is 9.88 Å². The van der Waals surface area contributed by atoms with Crippen LogP contribution >= 0.6 is 22.9 Å². The van der Waals surface area contributed by atoms with E-state index in [0.717, 1.165) is 35.6 Å². The molecule has 5 aromatic rings. The van der Waals surface area contributed by atoms with Gasteiger partial charge in [-0.3, -0.25) is 13.7 Å². The maximum absolute atomic E-state index is 14.0. The molecule has 0 amide bonds. The van der Waals surface area contributed by atoms with Gasteiger partial charge >= 0.3 is 0 Å². The highest BCUT2D eigenvalue weighted by Crippen LogP contribution is 2.36. The molecule has 1 saturated heterocycles. The van der Waals surface area contributed by atoms with E-state index in [4.69, 9.17) is 16.3 Å². The molecule has 0 aliphatic carbocycles. The van der Waals surface area contributed by atoms with E-state index in [1.807, 2.05) is 37.3 Å². The van der Waals surface area contributed by atoms with Gasteiger partial charge < -0.3 is 9.64 Å². The molecule has 44 heavy (non-hydrogen) atoms. The summed E-state index contributed by atoms with van der Waals surface area (Å²) in [6.07, 6.45) is 4.52. The Bertz CT molecular complexity index is 1950. The summed E-state index contributed by atoms with van der Waals surface area (Å²) in [5, 5.41) is 0.643. The number of likely N-dealkylation sites (tertiary alicyclic amines) is 1. The Morgan fingerprint density at radius 2 is 1.73 bits per heavy atom. The van der Waals surface area contributed by atoms with Gasteiger partial charge in [-0.15, -0.1) is 11.3 Å². The minimum absolute atomic E-state index is 0.218. The third-order valence-electron chi connectivity index (χ3n) is 7.92. The molecule has 0 saturated carbocycles. The number of rotatable bonds is 10. The summed E-state index contributed by atoms with van der Waals surface area (Å²) in [5.41, 5.74) is 3.27. The third kappa shape index (κ3) is 6.12. The number of fused-ring (bicyclic) bond motifs is 1. The Balaban J connectivity index is 1.36. The van der Waals surface area contributed by atoms with Gasteiger partial charge in [0.1, 0.15) is 16.8 Å². The summed E-state index contributed by atoms with van der Waals surface area (Å²) >= 11 is 7.42. The van der Waals surface area contributed by atoms with Crippen LogP contribution in [0.2, 0.25) is 5.02 Å². The predicted molar refractivity (Wildman–Crippen MR) is 178 cm³/mol. The molecule has 8 nitrogen and oxygen atoms in total. The molecule has 3 aromatic carbocycles. The van der Waals surface area contributed by atoms with Crippen LogP contribution in [0.15, 0.2) is 88.8 Å². The summed E-state index contributed by atoms with van der Waals surface area (Å²) in [7, 11) is -2.39. The highest BCUT2D eigenvalue weighted by molar-refractivity contribution is 7.92. The van der Waals surface area contributed by atoms with Gasteiger partial charge in [0, 0.05) is 22.5 Å². The van der Waals surface area contributed by atoms with Crippen molar-refractivity contribution in [2.45, 2.75) is 31.1 Å². The number of sulfonamides is 1. The lowest BCUT2D eigenvalue weighted by Gasteiger charge is -2.27. The van der Waals surface area contributed by atoms with Gasteiger partial charge in [0.05, 0.1) is 28.9 Å². The number of halogens is 1. The van der Waals surface area contributed by atoms with Crippen molar-refractivity contribution in [3.63, 3.8) is 0 Å². The standard InChI is InChI=1S/C33H33ClN4O4S2/c1-23-6-13-27(14-7-23)44(40,41)38(19-5-18-36-16-3-4-17-36)29-15-12-26(20-30(29)42-2)37-22-35-28-21-31(43-32(28)33(37)39)24-8-10-25(34)11-9-24/h6-15,20-22H,3-5,16-19H2,1-2H3. The van der Waals surface area contributed by atoms with Crippen LogP contribution in [0.4, 0.5) is 5.69 Å². The van der Waals surface area contributed by atoms with Crippen LogP contribution in [0.5, 0.6) is 5.75 Å². The molecule has 0 unspecified atom stereocenters. The molecule has 0 atom stereocenters. The van der Waals surface area contributed by atoms with Gasteiger partial charge in [-0.1, -0.05) is 41.4 Å². The molecule has 0 radical (unpaired) electrons. The molecule has 0 spiro atoms. The second kappa shape index (κ2) is 12.7. The molecule has 1 aliphatic heterocycles. The van der Waals surface area contributed by atoms with E-state index in [0.29, 0.717) is 45.3 Å². The topological polar surface area (TPSA) is 84.7 Å². The number of hydrogen-bond donors (Lipinski definition) is 0. The Morgan fingerprint density at radius 1 is 1.00 bits per heavy atom. The summed E-state index contributed by atoms with van der Waals surface area (Å²) in [6, 6.07) is 21.4. The number of anilines is 1. The second-order valence-corrected chi connectivity index (χ2v) is 14.3. The molecule has 228 valence electrons. The van der Waals surface area contributed by atoms with Gasteiger partial charge in [0.15, 0.2) is 0 Å². The molecule has 1 aliphatic rings. The number of methoxy groups -OCH3 is 1. The van der Waals surface area contributed by atoms with Crippen molar-refractivity contribution in [2.75, 3.05) is 37.6 Å². The van der Waals surface area contributed by atoms with Crippen LogP contribution in [-0.4, -0.2) is 56.2 Å². The summed E-state index contributed by atoms with van der Waals surface area (Å²) < 4.78 is 37.2. The molecule has 0 N–H and O–H groups in total. The molecular formula is C33H33ClN4O4S2. The van der Waals surface area contributed by atoms with E-state index in [1.165, 1.54) is 46.5 Å². The first kappa shape index (κ1) is 30.3. The van der Waals surface area contributed by atoms with Crippen LogP contribution in [0.1, 0.15) is 24.8 Å². The Hall–Kier alpha value is -3.70. The quantitative estimate of drug-likeness (QED) is 0.166. The summed E-state index contributed by atoms with van der Waals surface area (Å²) in [4.78, 5) is 21.7. The average molecular weight is 649 g/mol. The van der Waals surface area contributed by atoms with Gasteiger partial charge in [-0.2, -0.15) is 0 Å². The van der Waals surface area contributed by atoms with E-state index in [-0.39, 0.29) is 10.5 Å². The van der Waals surface area contributed by atoms with Crippen LogP contribution < -0.4 is 14.6 Å². The van der Waals surface area contributed by atoms with Crippen LogP contribution in [0.3, 0.4) is 0 Å². The van der Waals surface area contributed by atoms with Crippen molar-refractivity contribution in [2.24, 2.45) is 0 Å². The maximum Gasteiger partial charge on any atom is 0.275 e. The first-order chi connectivity index (χ1) is 21.2. The normalized spacial score (nSPS) is 13.9. The van der Waals surface area contributed by atoms with E-state index in [1.54, 1.807) is 42.5 Å². The number of nitrogens with zero attached hydrogens (tertiary/aromatic N) is 4. The fraction of sp³-hybridized carbons (Fsp3) is 0.273. The number of benzene rings is 3. The molecule has 0 bridgehead atoms. The first-order valence-corrected chi connectivity index (χ1v) is 17.2. The average Bonchev–Trinajstić information content (AvgIpc) is 3.71. The largest absolute Gasteiger partial charge is 0.494 e. The lowest BCUT2D eigenvalue weighted by atomic mass is 10.2. The van der Waals surface area contributed by atoms with Gasteiger partial charge in [-0.05, 0) is 93.8 Å². The van der Waals surface area contributed by atoms with Crippen LogP contribution in [0.25, 0.3) is 26.3 Å². The first-order valence-electron chi connectivity index (χ1n) is 14.5. The van der Waals surface area contributed by atoms with Gasteiger partial charge in [-0.25, -0.2) is 13.4 Å². The van der Waals surface area contributed by atoms with Crippen molar-refractivity contribution in [1.82, 2.24) is 14.5 Å². The fourth-order valence-electron chi connectivity index (χ4n) is 5.53. The Kier molecular flexibility index (Phi) is 8.77. The molecular weight excluding hydrogens is 616 g/mol. The zero-order chi connectivity index (χ0) is 30.8. The highest BCUT2D eigenvalue weighted by Gasteiger charge is 2.28. The van der Waals surface area contributed by atoms with Crippen molar-refractivity contribution >= 4 is 48.9 Å². The number of thiophene rings is 1. The molecule has 11 heteroatoms. The lowest BCUT2D eigenvalue weighted by Crippen LogP contribution is -2.34. The lowest BCUT2D eigenvalue weighted by molar-refractivity contribution is 0.336. The minimum atomic E-state index is -3.89. The minimum Gasteiger partial charge on any atom is -0.494 e. The Morgan fingerprint density at radius 3 is 2.43 bits per heavy atom. The smallest absolute Gasteiger partial charge is 0.275 e. The fourth-order valence-corrected chi connectivity index (χ4v) is 8.21.